The second-order valence-electron chi connectivity index (χ2n) is 4.04. The predicted molar refractivity (Wildman–Crippen MR) is 72.9 cm³/mol. The first kappa shape index (κ1) is 12.7. The molecule has 2 aromatic rings. The molecule has 0 radical (unpaired) electrons. The summed E-state index contributed by atoms with van der Waals surface area (Å²) in [5, 5.41) is 18.8. The van der Waals surface area contributed by atoms with Gasteiger partial charge >= 0.3 is 0 Å². The van der Waals surface area contributed by atoms with Crippen molar-refractivity contribution in [2.45, 2.75) is 6.92 Å². The molecule has 6 heteroatoms. The first-order valence-electron chi connectivity index (χ1n) is 5.58. The van der Waals surface area contributed by atoms with Crippen molar-refractivity contribution >= 4 is 22.7 Å². The first-order chi connectivity index (χ1) is 9.06. The fourth-order valence-electron chi connectivity index (χ4n) is 1.52. The van der Waals surface area contributed by atoms with Crippen LogP contribution >= 0.6 is 0 Å². The summed E-state index contributed by atoms with van der Waals surface area (Å²) in [6.07, 6.45) is 0. The van der Waals surface area contributed by atoms with Crippen molar-refractivity contribution in [3.8, 4) is 0 Å². The van der Waals surface area contributed by atoms with E-state index >= 15 is 0 Å². The third kappa shape index (κ3) is 3.12. The Hall–Kier alpha value is -2.76. The third-order valence-corrected chi connectivity index (χ3v) is 2.49. The van der Waals surface area contributed by atoms with Crippen LogP contribution in [0.25, 0.3) is 0 Å². The second kappa shape index (κ2) is 5.26. The molecule has 0 bridgehead atoms. The molecule has 2 rings (SSSR count). The number of nitrogen functional groups attached to an aromatic ring is 1. The normalized spacial score (nSPS) is 10.8. The lowest BCUT2D eigenvalue weighted by atomic mass is 10.2. The lowest BCUT2D eigenvalue weighted by Crippen LogP contribution is -1.88. The van der Waals surface area contributed by atoms with Gasteiger partial charge in [-0.15, -0.1) is 5.11 Å². The van der Waals surface area contributed by atoms with E-state index in [0.717, 1.165) is 5.56 Å². The van der Waals surface area contributed by atoms with Gasteiger partial charge in [-0.3, -0.25) is 10.1 Å². The minimum absolute atomic E-state index is 0.0563. The van der Waals surface area contributed by atoms with Gasteiger partial charge in [0.15, 0.2) is 5.69 Å². The molecule has 2 aromatic carbocycles. The molecule has 19 heavy (non-hydrogen) atoms. The fourth-order valence-corrected chi connectivity index (χ4v) is 1.52. The SMILES string of the molecule is Cc1ccc(N=Nc2ccc(N)cc2)c([N+](=O)[O-])c1. The Kier molecular flexibility index (Phi) is 3.51. The van der Waals surface area contributed by atoms with E-state index < -0.39 is 4.92 Å². The van der Waals surface area contributed by atoms with Crippen molar-refractivity contribution in [1.29, 1.82) is 0 Å². The number of nitrogens with two attached hydrogens (primary N) is 1. The summed E-state index contributed by atoms with van der Waals surface area (Å²) in [7, 11) is 0. The largest absolute Gasteiger partial charge is 0.399 e. The molecule has 0 saturated carbocycles. The Bertz CT molecular complexity index is 636. The van der Waals surface area contributed by atoms with E-state index in [4.69, 9.17) is 5.73 Å². The maximum atomic E-state index is 10.9. The van der Waals surface area contributed by atoms with Crippen LogP contribution in [0.4, 0.5) is 22.7 Å². The molecule has 0 fully saturated rings. The Balaban J connectivity index is 2.32. The summed E-state index contributed by atoms with van der Waals surface area (Å²) in [5.74, 6) is 0. The van der Waals surface area contributed by atoms with Gasteiger partial charge in [0, 0.05) is 11.8 Å². The second-order valence-corrected chi connectivity index (χ2v) is 4.04. The van der Waals surface area contributed by atoms with Gasteiger partial charge in [0.2, 0.25) is 0 Å². The lowest BCUT2D eigenvalue weighted by molar-refractivity contribution is -0.384. The minimum Gasteiger partial charge on any atom is -0.399 e. The summed E-state index contributed by atoms with van der Waals surface area (Å²) in [5.41, 5.74) is 7.74. The monoisotopic (exact) mass is 256 g/mol. The molecular formula is C13H12N4O2. The van der Waals surface area contributed by atoms with Crippen molar-refractivity contribution in [3.05, 3.63) is 58.1 Å². The van der Waals surface area contributed by atoms with Crippen LogP contribution in [0.5, 0.6) is 0 Å². The molecule has 0 saturated heterocycles. The number of benzene rings is 2. The first-order valence-corrected chi connectivity index (χ1v) is 5.58. The smallest absolute Gasteiger partial charge is 0.296 e. The minimum atomic E-state index is -0.468. The van der Waals surface area contributed by atoms with Crippen molar-refractivity contribution in [1.82, 2.24) is 0 Å². The number of azo groups is 1. The van der Waals surface area contributed by atoms with Crippen molar-refractivity contribution in [3.63, 3.8) is 0 Å². The fraction of sp³-hybridized carbons (Fsp3) is 0.0769. The van der Waals surface area contributed by atoms with Gasteiger partial charge in [-0.2, -0.15) is 5.11 Å². The summed E-state index contributed by atoms with van der Waals surface area (Å²) >= 11 is 0. The highest BCUT2D eigenvalue weighted by Gasteiger charge is 2.13. The van der Waals surface area contributed by atoms with Gasteiger partial charge in [-0.25, -0.2) is 0 Å². The van der Waals surface area contributed by atoms with Crippen LogP contribution in [0.3, 0.4) is 0 Å². The lowest BCUT2D eigenvalue weighted by Gasteiger charge is -1.98. The Morgan fingerprint density at radius 2 is 1.79 bits per heavy atom. The van der Waals surface area contributed by atoms with Gasteiger partial charge in [0.1, 0.15) is 0 Å². The maximum absolute atomic E-state index is 10.9. The summed E-state index contributed by atoms with van der Waals surface area (Å²) in [6.45, 7) is 1.79. The Morgan fingerprint density at radius 3 is 2.42 bits per heavy atom. The van der Waals surface area contributed by atoms with Crippen LogP contribution < -0.4 is 5.73 Å². The number of aryl methyl sites for hydroxylation is 1. The number of anilines is 1. The van der Waals surface area contributed by atoms with Crippen LogP contribution in [0.15, 0.2) is 52.7 Å². The van der Waals surface area contributed by atoms with Crippen LogP contribution in [-0.4, -0.2) is 4.92 Å². The molecule has 0 amide bonds. The van der Waals surface area contributed by atoms with Crippen LogP contribution in [0.2, 0.25) is 0 Å². The number of nitrogens with zero attached hydrogens (tertiary/aromatic N) is 3. The topological polar surface area (TPSA) is 93.9 Å². The molecule has 0 aliphatic rings. The molecule has 0 atom stereocenters. The Labute approximate surface area is 109 Å². The molecule has 0 aromatic heterocycles. The van der Waals surface area contributed by atoms with Gasteiger partial charge in [0.05, 0.1) is 10.6 Å². The molecular weight excluding hydrogens is 244 g/mol. The van der Waals surface area contributed by atoms with E-state index in [1.165, 1.54) is 6.07 Å². The van der Waals surface area contributed by atoms with E-state index in [1.54, 1.807) is 43.3 Å². The Morgan fingerprint density at radius 1 is 1.11 bits per heavy atom. The van der Waals surface area contributed by atoms with Gasteiger partial charge in [-0.1, -0.05) is 6.07 Å². The molecule has 0 aliphatic heterocycles. The standard InChI is InChI=1S/C13H12N4O2/c1-9-2-7-12(13(8-9)17(18)19)16-15-11-5-3-10(14)4-6-11/h2-8H,14H2,1H3. The quantitative estimate of drug-likeness (QED) is 0.390. The summed E-state index contributed by atoms with van der Waals surface area (Å²) in [4.78, 5) is 10.4. The molecule has 2 N–H and O–H groups in total. The van der Waals surface area contributed by atoms with E-state index in [-0.39, 0.29) is 11.4 Å². The average molecular weight is 256 g/mol. The van der Waals surface area contributed by atoms with Gasteiger partial charge < -0.3 is 5.73 Å². The zero-order valence-electron chi connectivity index (χ0n) is 10.3. The zero-order chi connectivity index (χ0) is 13.8. The number of nitro groups is 1. The molecule has 96 valence electrons. The van der Waals surface area contributed by atoms with Gasteiger partial charge in [0.25, 0.3) is 5.69 Å². The highest BCUT2D eigenvalue weighted by Crippen LogP contribution is 2.29. The van der Waals surface area contributed by atoms with Crippen LogP contribution in [0, 0.1) is 17.0 Å². The zero-order valence-corrected chi connectivity index (χ0v) is 10.3. The van der Waals surface area contributed by atoms with Crippen molar-refractivity contribution in [2.24, 2.45) is 10.2 Å². The highest BCUT2D eigenvalue weighted by molar-refractivity contribution is 5.58. The van der Waals surface area contributed by atoms with Crippen molar-refractivity contribution < 1.29 is 4.92 Å². The number of nitro benzene ring substituents is 1. The molecule has 0 spiro atoms. The average Bonchev–Trinajstić information content (AvgIpc) is 2.39. The van der Waals surface area contributed by atoms with Gasteiger partial charge in [-0.05, 0) is 42.8 Å². The predicted octanol–water partition coefficient (Wildman–Crippen LogP) is 3.90. The van der Waals surface area contributed by atoms with Crippen LogP contribution in [-0.2, 0) is 0 Å². The number of hydrogen-bond donors (Lipinski definition) is 1. The van der Waals surface area contributed by atoms with E-state index in [1.807, 2.05) is 0 Å². The molecule has 0 heterocycles. The molecule has 0 aliphatic carbocycles. The summed E-state index contributed by atoms with van der Waals surface area (Å²) < 4.78 is 0. The highest BCUT2D eigenvalue weighted by atomic mass is 16.6. The maximum Gasteiger partial charge on any atom is 0.296 e. The molecule has 0 unspecified atom stereocenters. The summed E-state index contributed by atoms with van der Waals surface area (Å²) in [6, 6.07) is 11.6. The number of hydrogen-bond acceptors (Lipinski definition) is 5. The van der Waals surface area contributed by atoms with Crippen molar-refractivity contribution in [2.75, 3.05) is 5.73 Å². The number of rotatable bonds is 3. The third-order valence-electron chi connectivity index (χ3n) is 2.49. The van der Waals surface area contributed by atoms with E-state index in [2.05, 4.69) is 10.2 Å². The van der Waals surface area contributed by atoms with E-state index in [0.29, 0.717) is 11.4 Å². The molecule has 6 nitrogen and oxygen atoms in total. The van der Waals surface area contributed by atoms with Crippen LogP contribution in [0.1, 0.15) is 5.56 Å². The van der Waals surface area contributed by atoms with E-state index in [9.17, 15) is 10.1 Å².